The van der Waals surface area contributed by atoms with Crippen molar-refractivity contribution in [3.8, 4) is 61.3 Å². The molecule has 1 heterocycles. The van der Waals surface area contributed by atoms with Crippen molar-refractivity contribution in [3.63, 3.8) is 0 Å². The normalized spacial score (nSPS) is 12.5. The van der Waals surface area contributed by atoms with Crippen LogP contribution in [0.4, 0.5) is 0 Å². The maximum Gasteiger partial charge on any atom is 0.0626 e. The Kier molecular flexibility index (Phi) is 5.17. The molecule has 2 aliphatic carbocycles. The maximum absolute atomic E-state index is 2.59. The molecule has 0 atom stereocenters. The van der Waals surface area contributed by atoms with Gasteiger partial charge in [0.2, 0.25) is 0 Å². The van der Waals surface area contributed by atoms with Gasteiger partial charge in [-0.3, -0.25) is 0 Å². The fourth-order valence-corrected chi connectivity index (χ4v) is 10.2. The number of rotatable bonds is 2. The predicted octanol–water partition coefficient (Wildman–Crippen LogP) is 14.4. The third-order valence-electron chi connectivity index (χ3n) is 12.2. The molecule has 0 spiro atoms. The second-order valence-corrected chi connectivity index (χ2v) is 14.7. The zero-order valence-electron chi connectivity index (χ0n) is 28.7. The first-order valence-corrected chi connectivity index (χ1v) is 18.5. The molecule has 10 aromatic carbocycles. The van der Waals surface area contributed by atoms with Crippen LogP contribution in [0.5, 0.6) is 0 Å². The van der Waals surface area contributed by atoms with E-state index in [1.54, 1.807) is 0 Å². The number of hydrogen-bond acceptors (Lipinski definition) is 0. The van der Waals surface area contributed by atoms with Crippen molar-refractivity contribution in [1.29, 1.82) is 0 Å². The highest BCUT2D eigenvalue weighted by atomic mass is 15.0. The van der Waals surface area contributed by atoms with E-state index in [9.17, 15) is 0 Å². The highest BCUT2D eigenvalue weighted by molar-refractivity contribution is 6.36. The Morgan fingerprint density at radius 2 is 0.736 bits per heavy atom. The summed E-state index contributed by atoms with van der Waals surface area (Å²) in [6.07, 6.45) is 0. The van der Waals surface area contributed by atoms with E-state index in [1.165, 1.54) is 126 Å². The zero-order chi connectivity index (χ0) is 34.4. The van der Waals surface area contributed by atoms with E-state index in [2.05, 4.69) is 180 Å². The Bertz CT molecular complexity index is 3420. The molecular weight excluding hydrogens is 639 g/mol. The topological polar surface area (TPSA) is 4.93 Å². The number of fused-ring (bicyclic) bond motifs is 15. The molecule has 1 aromatic heterocycles. The van der Waals surface area contributed by atoms with E-state index in [4.69, 9.17) is 0 Å². The molecule has 0 saturated carbocycles. The monoisotopic (exact) mass is 667 g/mol. The number of hydrogen-bond donors (Lipinski definition) is 0. The lowest BCUT2D eigenvalue weighted by molar-refractivity contribution is 1.19. The summed E-state index contributed by atoms with van der Waals surface area (Å²) in [6.45, 7) is 0. The summed E-state index contributed by atoms with van der Waals surface area (Å²) in [5.74, 6) is 0. The van der Waals surface area contributed by atoms with E-state index in [-0.39, 0.29) is 0 Å². The Balaban J connectivity index is 1.18. The van der Waals surface area contributed by atoms with Crippen LogP contribution in [0.1, 0.15) is 0 Å². The molecule has 13 rings (SSSR count). The highest BCUT2D eigenvalue weighted by Crippen LogP contribution is 2.53. The Labute approximate surface area is 305 Å². The first-order chi connectivity index (χ1) is 26.3. The second kappa shape index (κ2) is 9.88. The third-order valence-corrected chi connectivity index (χ3v) is 12.2. The zero-order valence-corrected chi connectivity index (χ0v) is 28.7. The largest absolute Gasteiger partial charge is 0.308 e. The molecule has 2 aliphatic rings. The van der Waals surface area contributed by atoms with Gasteiger partial charge >= 0.3 is 0 Å². The van der Waals surface area contributed by atoms with Crippen molar-refractivity contribution in [1.82, 2.24) is 4.57 Å². The van der Waals surface area contributed by atoms with Crippen molar-refractivity contribution in [2.75, 3.05) is 0 Å². The van der Waals surface area contributed by atoms with Crippen LogP contribution in [0.3, 0.4) is 0 Å². The Morgan fingerprint density at radius 3 is 1.45 bits per heavy atom. The molecule has 0 aliphatic heterocycles. The van der Waals surface area contributed by atoms with Gasteiger partial charge < -0.3 is 4.57 Å². The van der Waals surface area contributed by atoms with Crippen molar-refractivity contribution in [2.24, 2.45) is 0 Å². The average molecular weight is 668 g/mol. The van der Waals surface area contributed by atoms with Crippen LogP contribution >= 0.6 is 0 Å². The highest BCUT2D eigenvalue weighted by Gasteiger charge is 2.28. The van der Waals surface area contributed by atoms with Crippen LogP contribution in [0.25, 0.3) is 126 Å². The Hall–Kier alpha value is -6.96. The predicted molar refractivity (Wildman–Crippen MR) is 225 cm³/mol. The van der Waals surface area contributed by atoms with Gasteiger partial charge in [-0.25, -0.2) is 0 Å². The van der Waals surface area contributed by atoms with Crippen LogP contribution in [-0.2, 0) is 0 Å². The third kappa shape index (κ3) is 3.43. The summed E-state index contributed by atoms with van der Waals surface area (Å²) in [5.41, 5.74) is 16.8. The molecule has 53 heavy (non-hydrogen) atoms. The molecule has 0 saturated heterocycles. The molecule has 0 radical (unpaired) electrons. The molecule has 1 heteroatoms. The van der Waals surface area contributed by atoms with Crippen molar-refractivity contribution < 1.29 is 0 Å². The average Bonchev–Trinajstić information content (AvgIpc) is 3.87. The van der Waals surface area contributed by atoms with E-state index in [0.29, 0.717) is 0 Å². The lowest BCUT2D eigenvalue weighted by Gasteiger charge is -2.15. The lowest BCUT2D eigenvalue weighted by atomic mass is 9.94. The van der Waals surface area contributed by atoms with E-state index >= 15 is 0 Å². The van der Waals surface area contributed by atoms with E-state index < -0.39 is 0 Å². The SMILES string of the molecule is c1cc(-c2ccc3c4c(cccc24)-c2ccccc2-3)cc(-n2c3c4cccc5c4c(cc3c3c4ccccc4c4ccccc4c32)-c2ccccc2-5)c1. The minimum atomic E-state index is 1.17. The van der Waals surface area contributed by atoms with Crippen LogP contribution in [0, 0.1) is 0 Å². The van der Waals surface area contributed by atoms with Gasteiger partial charge in [0.05, 0.1) is 11.0 Å². The molecule has 242 valence electrons. The van der Waals surface area contributed by atoms with Crippen LogP contribution in [0.2, 0.25) is 0 Å². The van der Waals surface area contributed by atoms with Crippen molar-refractivity contribution in [2.45, 2.75) is 0 Å². The number of nitrogens with zero attached hydrogens (tertiary/aromatic N) is 1. The van der Waals surface area contributed by atoms with Gasteiger partial charge in [-0.2, -0.15) is 0 Å². The molecule has 0 unspecified atom stereocenters. The fraction of sp³-hybridized carbons (Fsp3) is 0. The fourth-order valence-electron chi connectivity index (χ4n) is 10.2. The smallest absolute Gasteiger partial charge is 0.0626 e. The van der Waals surface area contributed by atoms with Gasteiger partial charge in [0, 0.05) is 27.2 Å². The van der Waals surface area contributed by atoms with E-state index in [1.807, 2.05) is 0 Å². The van der Waals surface area contributed by atoms with Crippen molar-refractivity contribution >= 4 is 64.9 Å². The summed E-state index contributed by atoms with van der Waals surface area (Å²) in [5, 5.41) is 13.1. The van der Waals surface area contributed by atoms with Gasteiger partial charge in [0.15, 0.2) is 0 Å². The molecule has 11 aromatic rings. The van der Waals surface area contributed by atoms with Crippen LogP contribution in [-0.4, -0.2) is 4.57 Å². The summed E-state index contributed by atoms with van der Waals surface area (Å²) >= 11 is 0. The molecule has 0 N–H and O–H groups in total. The van der Waals surface area contributed by atoms with Gasteiger partial charge in [-0.1, -0.05) is 158 Å². The maximum atomic E-state index is 2.59. The molecule has 0 bridgehead atoms. The number of aromatic nitrogens is 1. The van der Waals surface area contributed by atoms with Crippen molar-refractivity contribution in [3.05, 3.63) is 176 Å². The van der Waals surface area contributed by atoms with Gasteiger partial charge in [-0.15, -0.1) is 0 Å². The molecule has 0 amide bonds. The van der Waals surface area contributed by atoms with Gasteiger partial charge in [0.25, 0.3) is 0 Å². The summed E-state index contributed by atoms with van der Waals surface area (Å²) in [6, 6.07) is 65.9. The van der Waals surface area contributed by atoms with Gasteiger partial charge in [0.1, 0.15) is 0 Å². The summed E-state index contributed by atoms with van der Waals surface area (Å²) < 4.78 is 2.59. The minimum absolute atomic E-state index is 1.17. The van der Waals surface area contributed by atoms with E-state index in [0.717, 1.165) is 0 Å². The summed E-state index contributed by atoms with van der Waals surface area (Å²) in [7, 11) is 0. The molecular formula is C52H29N. The molecule has 0 fully saturated rings. The standard InChI is InChI=1S/C52H29N/c1-2-15-34-33(14-1)40-23-10-22-39-32(26-27-43(34)48(39)40)30-12-9-13-31(28-30)53-51-45-25-11-24-41-36-17-3-4-19-38(36)46(49(41)45)29-47(51)50-42-20-7-5-16-35(42)37-18-6-8-21-44(37)52(50)53/h1-29H. The summed E-state index contributed by atoms with van der Waals surface area (Å²) in [4.78, 5) is 0. The second-order valence-electron chi connectivity index (χ2n) is 14.7. The van der Waals surface area contributed by atoms with Crippen LogP contribution < -0.4 is 0 Å². The minimum Gasteiger partial charge on any atom is -0.308 e. The first-order valence-electron chi connectivity index (χ1n) is 18.5. The quantitative estimate of drug-likeness (QED) is 0.162. The lowest BCUT2D eigenvalue weighted by Crippen LogP contribution is -1.96. The number of benzene rings is 10. The van der Waals surface area contributed by atoms with Gasteiger partial charge in [-0.05, 0) is 106 Å². The Morgan fingerprint density at radius 1 is 0.245 bits per heavy atom. The van der Waals surface area contributed by atoms with Crippen LogP contribution in [0.15, 0.2) is 176 Å². The molecule has 1 nitrogen and oxygen atoms in total. The first kappa shape index (κ1) is 27.7.